The number of rotatable bonds is 4. The Labute approximate surface area is 119 Å². The van der Waals surface area contributed by atoms with Gasteiger partial charge in [-0.3, -0.25) is 0 Å². The monoisotopic (exact) mass is 268 g/mol. The molecule has 0 radical (unpaired) electrons. The predicted octanol–water partition coefficient (Wildman–Crippen LogP) is 3.57. The first-order valence-electron chi connectivity index (χ1n) is 7.62. The molecule has 0 bridgehead atoms. The Morgan fingerprint density at radius 2 is 2.05 bits per heavy atom. The van der Waals surface area contributed by atoms with Crippen molar-refractivity contribution in [3.63, 3.8) is 0 Å². The van der Waals surface area contributed by atoms with E-state index in [9.17, 15) is 5.11 Å². The lowest BCUT2D eigenvalue weighted by molar-refractivity contribution is 0.209. The van der Waals surface area contributed by atoms with Gasteiger partial charge in [0.1, 0.15) is 6.10 Å². The lowest BCUT2D eigenvalue weighted by atomic mass is 9.79. The highest BCUT2D eigenvalue weighted by Gasteiger charge is 2.28. The molecule has 0 saturated heterocycles. The average molecular weight is 268 g/mol. The lowest BCUT2D eigenvalue weighted by Crippen LogP contribution is -2.11. The van der Waals surface area contributed by atoms with Crippen molar-refractivity contribution < 1.29 is 5.11 Å². The predicted molar refractivity (Wildman–Crippen MR) is 77.6 cm³/mol. The number of aliphatic hydroxyl groups excluding tert-OH is 1. The summed E-state index contributed by atoms with van der Waals surface area (Å²) in [6.45, 7) is 0. The second-order valence-corrected chi connectivity index (χ2v) is 6.16. The maximum absolute atomic E-state index is 10.7. The summed E-state index contributed by atoms with van der Waals surface area (Å²) < 4.78 is 2.14. The van der Waals surface area contributed by atoms with Gasteiger partial charge in [-0.1, -0.05) is 30.7 Å². The molecule has 1 heterocycles. The highest BCUT2D eigenvalue weighted by molar-refractivity contribution is 5.32. The quantitative estimate of drug-likeness (QED) is 0.920. The Morgan fingerprint density at radius 1 is 1.20 bits per heavy atom. The molecule has 20 heavy (non-hydrogen) atoms. The van der Waals surface area contributed by atoms with Gasteiger partial charge in [0.25, 0.3) is 0 Å². The highest BCUT2D eigenvalue weighted by Crippen LogP contribution is 2.39. The van der Waals surface area contributed by atoms with Crippen molar-refractivity contribution in [2.45, 2.75) is 50.2 Å². The van der Waals surface area contributed by atoms with Crippen LogP contribution in [-0.4, -0.2) is 14.7 Å². The summed E-state index contributed by atoms with van der Waals surface area (Å²) in [6, 6.07) is 9.02. The Balaban J connectivity index is 1.63. The molecule has 4 rings (SSSR count). The van der Waals surface area contributed by atoms with E-state index in [-0.39, 0.29) is 0 Å². The molecule has 0 spiro atoms. The van der Waals surface area contributed by atoms with E-state index in [4.69, 9.17) is 0 Å². The van der Waals surface area contributed by atoms with E-state index in [1.165, 1.54) is 37.7 Å². The number of benzene rings is 1. The molecule has 2 aliphatic rings. The zero-order chi connectivity index (χ0) is 13.5. The molecule has 1 N–H and O–H groups in total. The van der Waals surface area contributed by atoms with E-state index in [1.54, 1.807) is 6.20 Å². The zero-order valence-electron chi connectivity index (χ0n) is 11.6. The maximum atomic E-state index is 10.7. The van der Waals surface area contributed by atoms with Crippen LogP contribution in [0.4, 0.5) is 0 Å². The van der Waals surface area contributed by atoms with E-state index < -0.39 is 6.10 Å². The van der Waals surface area contributed by atoms with E-state index in [2.05, 4.69) is 27.8 Å². The molecule has 2 aliphatic carbocycles. The molecule has 0 amide bonds. The molecular formula is C17H20N2O. The van der Waals surface area contributed by atoms with Crippen LogP contribution in [0, 0.1) is 0 Å². The smallest absolute Gasteiger partial charge is 0.121 e. The molecule has 0 aliphatic heterocycles. The van der Waals surface area contributed by atoms with Crippen LogP contribution in [0.3, 0.4) is 0 Å². The van der Waals surface area contributed by atoms with Gasteiger partial charge in [0.2, 0.25) is 0 Å². The van der Waals surface area contributed by atoms with Crippen molar-refractivity contribution >= 4 is 0 Å². The molecular weight excluding hydrogens is 248 g/mol. The number of aliphatic hydroxyl groups is 1. The Hall–Kier alpha value is -1.61. The molecule has 3 nitrogen and oxygen atoms in total. The normalized spacial score (nSPS) is 20.6. The van der Waals surface area contributed by atoms with Crippen LogP contribution >= 0.6 is 0 Å². The summed E-state index contributed by atoms with van der Waals surface area (Å²) in [5.74, 6) is 0.704. The Kier molecular flexibility index (Phi) is 2.88. The molecule has 1 atom stereocenters. The van der Waals surface area contributed by atoms with Crippen LogP contribution in [-0.2, 0) is 0 Å². The summed E-state index contributed by atoms with van der Waals surface area (Å²) in [7, 11) is 0. The van der Waals surface area contributed by atoms with Crippen LogP contribution in [0.1, 0.15) is 67.0 Å². The van der Waals surface area contributed by atoms with Crippen LogP contribution in [0.2, 0.25) is 0 Å². The van der Waals surface area contributed by atoms with Gasteiger partial charge in [-0.2, -0.15) is 0 Å². The fraction of sp³-hybridized carbons (Fsp3) is 0.471. The summed E-state index contributed by atoms with van der Waals surface area (Å²) in [4.78, 5) is 4.22. The molecule has 3 heteroatoms. The van der Waals surface area contributed by atoms with Gasteiger partial charge in [0, 0.05) is 6.04 Å². The van der Waals surface area contributed by atoms with Crippen molar-refractivity contribution in [2.24, 2.45) is 0 Å². The van der Waals surface area contributed by atoms with Crippen molar-refractivity contribution in [3.8, 4) is 0 Å². The number of aromatic nitrogens is 2. The van der Waals surface area contributed by atoms with E-state index >= 15 is 0 Å². The van der Waals surface area contributed by atoms with Crippen LogP contribution in [0.15, 0.2) is 36.8 Å². The number of hydrogen-bond donors (Lipinski definition) is 1. The Bertz CT molecular complexity index is 611. The van der Waals surface area contributed by atoms with Crippen LogP contribution in [0.5, 0.6) is 0 Å². The van der Waals surface area contributed by atoms with E-state index in [0.717, 1.165) is 11.3 Å². The van der Waals surface area contributed by atoms with Crippen LogP contribution < -0.4 is 0 Å². The third kappa shape index (κ3) is 2.06. The van der Waals surface area contributed by atoms with Crippen LogP contribution in [0.25, 0.3) is 0 Å². The first-order chi connectivity index (χ1) is 9.83. The van der Waals surface area contributed by atoms with Gasteiger partial charge in [0.15, 0.2) is 0 Å². The largest absolute Gasteiger partial charge is 0.382 e. The second-order valence-electron chi connectivity index (χ2n) is 6.16. The van der Waals surface area contributed by atoms with Crippen molar-refractivity contribution in [1.82, 2.24) is 9.55 Å². The first-order valence-corrected chi connectivity index (χ1v) is 7.62. The SMILES string of the molecule is OC(c1cccc(C2CCC2)c1)c1cncn1C1CC1. The summed E-state index contributed by atoms with van der Waals surface area (Å²) in [5.41, 5.74) is 3.31. The van der Waals surface area contributed by atoms with Gasteiger partial charge < -0.3 is 9.67 Å². The molecule has 2 aromatic rings. The van der Waals surface area contributed by atoms with E-state index in [0.29, 0.717) is 12.0 Å². The molecule has 1 aromatic carbocycles. The standard InChI is InChI=1S/C17H20N2O/c20-17(16-10-18-11-19(16)15-7-8-15)14-6-2-5-13(9-14)12-3-1-4-12/h2,5-6,9-12,15,17,20H,1,3-4,7-8H2. The lowest BCUT2D eigenvalue weighted by Gasteiger charge is -2.26. The molecule has 1 aromatic heterocycles. The molecule has 2 fully saturated rings. The van der Waals surface area contributed by atoms with Gasteiger partial charge in [0.05, 0.1) is 18.2 Å². The van der Waals surface area contributed by atoms with Gasteiger partial charge in [-0.05, 0) is 42.7 Å². The number of imidazole rings is 1. The average Bonchev–Trinajstić information content (AvgIpc) is 3.14. The first kappa shape index (κ1) is 12.2. The second kappa shape index (κ2) is 4.74. The van der Waals surface area contributed by atoms with Gasteiger partial charge >= 0.3 is 0 Å². The fourth-order valence-electron chi connectivity index (χ4n) is 3.08. The molecule has 104 valence electrons. The molecule has 2 saturated carbocycles. The highest BCUT2D eigenvalue weighted by atomic mass is 16.3. The summed E-state index contributed by atoms with van der Waals surface area (Å²) in [5, 5.41) is 10.7. The van der Waals surface area contributed by atoms with Crippen molar-refractivity contribution in [2.75, 3.05) is 0 Å². The number of nitrogens with zero attached hydrogens (tertiary/aromatic N) is 2. The topological polar surface area (TPSA) is 38.1 Å². The minimum atomic E-state index is -0.557. The minimum Gasteiger partial charge on any atom is -0.382 e. The Morgan fingerprint density at radius 3 is 2.75 bits per heavy atom. The van der Waals surface area contributed by atoms with Gasteiger partial charge in [-0.15, -0.1) is 0 Å². The maximum Gasteiger partial charge on any atom is 0.121 e. The van der Waals surface area contributed by atoms with Crippen molar-refractivity contribution in [3.05, 3.63) is 53.6 Å². The third-order valence-corrected chi connectivity index (χ3v) is 4.72. The third-order valence-electron chi connectivity index (χ3n) is 4.72. The summed E-state index contributed by atoms with van der Waals surface area (Å²) >= 11 is 0. The molecule has 1 unspecified atom stereocenters. The van der Waals surface area contributed by atoms with E-state index in [1.807, 2.05) is 12.4 Å². The minimum absolute atomic E-state index is 0.553. The number of hydrogen-bond acceptors (Lipinski definition) is 2. The van der Waals surface area contributed by atoms with Crippen molar-refractivity contribution in [1.29, 1.82) is 0 Å². The summed E-state index contributed by atoms with van der Waals surface area (Å²) in [6.07, 6.45) is 9.44. The fourth-order valence-corrected chi connectivity index (χ4v) is 3.08. The zero-order valence-corrected chi connectivity index (χ0v) is 11.6. The van der Waals surface area contributed by atoms with Gasteiger partial charge in [-0.25, -0.2) is 4.98 Å².